The van der Waals surface area contributed by atoms with Gasteiger partial charge in [0.05, 0.1) is 28.4 Å². The van der Waals surface area contributed by atoms with Crippen molar-refractivity contribution in [1.29, 1.82) is 0 Å². The average Bonchev–Trinajstić information content (AvgIpc) is 3.65. The number of nitro groups is 2. The summed E-state index contributed by atoms with van der Waals surface area (Å²) < 4.78 is 5.49. The molecule has 0 unspecified atom stereocenters. The van der Waals surface area contributed by atoms with Gasteiger partial charge in [0.15, 0.2) is 5.78 Å². The number of piperidine rings is 1. The molecule has 4 aliphatic heterocycles. The van der Waals surface area contributed by atoms with E-state index in [0.29, 0.717) is 35.3 Å². The predicted octanol–water partition coefficient (Wildman–Crippen LogP) is 5.41. The zero-order chi connectivity index (χ0) is 34.0. The molecule has 2 spiro atoms. The fourth-order valence-corrected chi connectivity index (χ4v) is 9.04. The van der Waals surface area contributed by atoms with Crippen LogP contribution in [0.15, 0.2) is 78.4 Å². The summed E-state index contributed by atoms with van der Waals surface area (Å²) in [7, 11) is 0. The maximum atomic E-state index is 15.6. The second-order valence-electron chi connectivity index (χ2n) is 13.0. The second-order valence-corrected chi connectivity index (χ2v) is 13.0. The van der Waals surface area contributed by atoms with E-state index < -0.39 is 38.4 Å². The summed E-state index contributed by atoms with van der Waals surface area (Å²) in [6.07, 6.45) is 2.33. The van der Waals surface area contributed by atoms with Gasteiger partial charge in [-0.05, 0) is 62.1 Å². The van der Waals surface area contributed by atoms with Crippen LogP contribution in [0, 0.1) is 25.6 Å². The number of amides is 2. The van der Waals surface area contributed by atoms with E-state index in [9.17, 15) is 29.8 Å². The Hall–Kier alpha value is -5.43. The third-order valence-electron chi connectivity index (χ3n) is 10.6. The number of nitrogens with one attached hydrogen (secondary N) is 1. The van der Waals surface area contributed by atoms with Gasteiger partial charge in [-0.25, -0.2) is 4.79 Å². The molecule has 0 aromatic heterocycles. The first-order chi connectivity index (χ1) is 23.0. The van der Waals surface area contributed by atoms with E-state index in [1.165, 1.54) is 41.3 Å². The number of hydrogen-bond donors (Lipinski definition) is 1. The van der Waals surface area contributed by atoms with E-state index >= 15 is 4.79 Å². The van der Waals surface area contributed by atoms with Crippen LogP contribution in [-0.2, 0) is 19.9 Å². The summed E-state index contributed by atoms with van der Waals surface area (Å²) >= 11 is 0. The highest BCUT2D eigenvalue weighted by molar-refractivity contribution is 6.16. The Morgan fingerprint density at radius 1 is 1.00 bits per heavy atom. The lowest BCUT2D eigenvalue weighted by Crippen LogP contribution is -2.66. The number of nitrogens with zero attached hydrogens (tertiary/aromatic N) is 4. The summed E-state index contributed by atoms with van der Waals surface area (Å²) in [4.78, 5) is 69.7. The first kappa shape index (κ1) is 31.2. The number of likely N-dealkylation sites (tertiary alicyclic amines) is 1. The number of ketones is 1. The summed E-state index contributed by atoms with van der Waals surface area (Å²) in [5.41, 5.74) is -1.61. The van der Waals surface area contributed by atoms with E-state index in [4.69, 9.17) is 4.74 Å². The molecule has 0 aliphatic carbocycles. The predicted molar refractivity (Wildman–Crippen MR) is 174 cm³/mol. The molecule has 13 nitrogen and oxygen atoms in total. The molecule has 0 saturated carbocycles. The van der Waals surface area contributed by atoms with Crippen molar-refractivity contribution >= 4 is 40.9 Å². The number of non-ortho nitro benzene ring substituents is 2. The van der Waals surface area contributed by atoms with Crippen LogP contribution in [0.4, 0.5) is 21.9 Å². The number of para-hydroxylation sites is 1. The topological polar surface area (TPSA) is 165 Å². The van der Waals surface area contributed by atoms with E-state index in [-0.39, 0.29) is 48.3 Å². The molecule has 7 rings (SSSR count). The molecule has 3 aromatic carbocycles. The molecule has 4 atom stereocenters. The lowest BCUT2D eigenvalue weighted by atomic mass is 9.53. The van der Waals surface area contributed by atoms with E-state index in [0.717, 1.165) is 6.42 Å². The standard InChI is InChI=1S/C35H33N5O8/c1-3-48-32(43)37-20-24(19-22-9-13-25(14-10-22)39(44)45)30(41)34(21-37)29(23-11-15-26(16-12-23)40(46)47)33(2)17-6-18-38(33)35(34)27-7-4-5-8-28(27)36-31(35)42/h4-5,7-16,19,29H,3,6,17-18,20-21H2,1-2H3,(H,36,42)/b24-19+/t29-,33-,34-,35-/m1/s1. The van der Waals surface area contributed by atoms with Gasteiger partial charge in [0, 0.05) is 65.6 Å². The molecular formula is C35H33N5O8. The van der Waals surface area contributed by atoms with Gasteiger partial charge >= 0.3 is 6.09 Å². The number of anilines is 1. The van der Waals surface area contributed by atoms with Crippen LogP contribution in [0.1, 0.15) is 49.3 Å². The maximum absolute atomic E-state index is 15.6. The van der Waals surface area contributed by atoms with Crippen LogP contribution in [0.25, 0.3) is 6.08 Å². The largest absolute Gasteiger partial charge is 0.450 e. The maximum Gasteiger partial charge on any atom is 0.410 e. The number of rotatable bonds is 5. The third kappa shape index (κ3) is 4.16. The Bertz CT molecular complexity index is 1910. The van der Waals surface area contributed by atoms with Gasteiger partial charge in [-0.15, -0.1) is 0 Å². The van der Waals surface area contributed by atoms with E-state index in [1.54, 1.807) is 31.2 Å². The zero-order valence-electron chi connectivity index (χ0n) is 26.4. The minimum Gasteiger partial charge on any atom is -0.450 e. The number of ether oxygens (including phenoxy) is 1. The van der Waals surface area contributed by atoms with Crippen LogP contribution in [0.5, 0.6) is 0 Å². The van der Waals surface area contributed by atoms with Crippen molar-refractivity contribution in [1.82, 2.24) is 9.80 Å². The average molecular weight is 652 g/mol. The molecule has 2 amide bonds. The number of carbonyl (C=O) groups excluding carboxylic acids is 3. The molecule has 4 heterocycles. The highest BCUT2D eigenvalue weighted by Crippen LogP contribution is 2.72. The summed E-state index contributed by atoms with van der Waals surface area (Å²) in [5.74, 6) is -1.42. The Morgan fingerprint density at radius 2 is 1.65 bits per heavy atom. The van der Waals surface area contributed by atoms with Gasteiger partial charge in [-0.2, -0.15) is 0 Å². The summed E-state index contributed by atoms with van der Waals surface area (Å²) in [6.45, 7) is 4.04. The zero-order valence-corrected chi connectivity index (χ0v) is 26.4. The third-order valence-corrected chi connectivity index (χ3v) is 10.6. The lowest BCUT2D eigenvalue weighted by Gasteiger charge is -2.51. The first-order valence-corrected chi connectivity index (χ1v) is 15.8. The van der Waals surface area contributed by atoms with Gasteiger partial charge in [-0.1, -0.05) is 30.3 Å². The van der Waals surface area contributed by atoms with Crippen LogP contribution in [0.3, 0.4) is 0 Å². The minimum atomic E-state index is -1.62. The number of benzene rings is 3. The van der Waals surface area contributed by atoms with Crippen molar-refractivity contribution in [2.24, 2.45) is 5.41 Å². The number of Topliss-reactive ketones (excluding diaryl/α,β-unsaturated/α-hetero) is 1. The van der Waals surface area contributed by atoms with Gasteiger partial charge < -0.3 is 15.0 Å². The number of hydrogen-bond acceptors (Lipinski definition) is 9. The van der Waals surface area contributed by atoms with E-state index in [2.05, 4.69) is 10.2 Å². The Labute approximate surface area is 275 Å². The van der Waals surface area contributed by atoms with E-state index in [1.807, 2.05) is 25.1 Å². The van der Waals surface area contributed by atoms with Gasteiger partial charge in [0.2, 0.25) is 0 Å². The van der Waals surface area contributed by atoms with Crippen LogP contribution in [-0.4, -0.2) is 69.2 Å². The molecule has 13 heteroatoms. The molecule has 3 fully saturated rings. The van der Waals surface area contributed by atoms with Crippen LogP contribution >= 0.6 is 0 Å². The van der Waals surface area contributed by atoms with Crippen molar-refractivity contribution in [3.63, 3.8) is 0 Å². The van der Waals surface area contributed by atoms with Crippen molar-refractivity contribution in [3.8, 4) is 0 Å². The van der Waals surface area contributed by atoms with Crippen LogP contribution < -0.4 is 5.32 Å². The smallest absolute Gasteiger partial charge is 0.410 e. The number of fused-ring (bicyclic) bond motifs is 5. The lowest BCUT2D eigenvalue weighted by molar-refractivity contribution is -0.385. The molecule has 1 N–H and O–H groups in total. The number of nitro benzene ring substituents is 2. The monoisotopic (exact) mass is 651 g/mol. The van der Waals surface area contributed by atoms with Crippen molar-refractivity contribution < 1.29 is 29.0 Å². The SMILES string of the molecule is CCOC(=O)N1C/C(=C\c2ccc([N+](=O)[O-])cc2)C(=O)[C@@]2(C1)[C@H](c1ccc([N+](=O)[O-])cc1)[C@@]1(C)CCCN1[C@]21C(=O)Nc2ccccc21. The molecule has 0 bridgehead atoms. The molecule has 48 heavy (non-hydrogen) atoms. The van der Waals surface area contributed by atoms with Crippen LogP contribution in [0.2, 0.25) is 0 Å². The molecular weight excluding hydrogens is 618 g/mol. The highest BCUT2D eigenvalue weighted by Gasteiger charge is 2.81. The van der Waals surface area contributed by atoms with Gasteiger partial charge in [-0.3, -0.25) is 34.7 Å². The molecule has 3 saturated heterocycles. The molecule has 3 aromatic rings. The Balaban J connectivity index is 1.54. The molecule has 246 valence electrons. The normalized spacial score (nSPS) is 28.5. The Morgan fingerprint density at radius 3 is 2.29 bits per heavy atom. The van der Waals surface area contributed by atoms with Crippen molar-refractivity contribution in [2.75, 3.05) is 31.6 Å². The fraction of sp³-hybridized carbons (Fsp3) is 0.343. The van der Waals surface area contributed by atoms with Crippen molar-refractivity contribution in [2.45, 2.75) is 43.7 Å². The molecule has 0 radical (unpaired) electrons. The minimum absolute atomic E-state index is 0.0851. The second kappa shape index (κ2) is 11.1. The van der Waals surface area contributed by atoms with Gasteiger partial charge in [0.25, 0.3) is 17.3 Å². The Kier molecular flexibility index (Phi) is 7.20. The quantitative estimate of drug-likeness (QED) is 0.216. The summed E-state index contributed by atoms with van der Waals surface area (Å²) in [6, 6.07) is 19.1. The molecule has 4 aliphatic rings. The highest BCUT2D eigenvalue weighted by atomic mass is 16.6. The summed E-state index contributed by atoms with van der Waals surface area (Å²) in [5, 5.41) is 26.0. The number of carbonyl (C=O) groups is 3. The van der Waals surface area contributed by atoms with Crippen molar-refractivity contribution in [3.05, 3.63) is 115 Å². The van der Waals surface area contributed by atoms with Gasteiger partial charge in [0.1, 0.15) is 5.54 Å². The fourth-order valence-electron chi connectivity index (χ4n) is 9.04. The first-order valence-electron chi connectivity index (χ1n) is 15.8.